The summed E-state index contributed by atoms with van der Waals surface area (Å²) in [4.78, 5) is 0. The molecule has 0 saturated heterocycles. The van der Waals surface area contributed by atoms with Crippen LogP contribution in [0.5, 0.6) is 0 Å². The molecule has 1 aromatic carbocycles. The van der Waals surface area contributed by atoms with E-state index in [9.17, 15) is 0 Å². The van der Waals surface area contributed by atoms with Crippen molar-refractivity contribution in [3.63, 3.8) is 0 Å². The number of hydrogen-bond donors (Lipinski definition) is 1. The Bertz CT molecular complexity index is 271. The minimum absolute atomic E-state index is 0. The molecule has 1 aromatic rings. The molecule has 0 radical (unpaired) electrons. The van der Waals surface area contributed by atoms with E-state index in [0.29, 0.717) is 0 Å². The van der Waals surface area contributed by atoms with Gasteiger partial charge in [0.1, 0.15) is 0 Å². The van der Waals surface area contributed by atoms with Crippen LogP contribution in [0.2, 0.25) is 0 Å². The summed E-state index contributed by atoms with van der Waals surface area (Å²) >= 11 is 0. The van der Waals surface area contributed by atoms with Gasteiger partial charge in [0.25, 0.3) is 0 Å². The average molecular weight is 200 g/mol. The van der Waals surface area contributed by atoms with E-state index in [1.54, 1.807) is 0 Å². The van der Waals surface area contributed by atoms with E-state index in [4.69, 9.17) is 5.73 Å². The van der Waals surface area contributed by atoms with E-state index in [-0.39, 0.29) is 18.4 Å². The average Bonchev–Trinajstić information content (AvgIpc) is 2.08. The fraction of sp³-hybridized carbons (Fsp3) is 0.455. The molecule has 1 atom stereocenters. The van der Waals surface area contributed by atoms with Gasteiger partial charge < -0.3 is 5.73 Å². The second-order valence-corrected chi connectivity index (χ2v) is 3.30. The van der Waals surface area contributed by atoms with Crippen molar-refractivity contribution in [2.24, 2.45) is 5.73 Å². The third-order valence-corrected chi connectivity index (χ3v) is 2.49. The Kier molecular flexibility index (Phi) is 5.04. The first kappa shape index (κ1) is 12.5. The normalized spacial score (nSPS) is 12.0. The van der Waals surface area contributed by atoms with Crippen molar-refractivity contribution in [3.05, 3.63) is 34.9 Å². The van der Waals surface area contributed by atoms with E-state index >= 15 is 0 Å². The molecule has 1 nitrogen and oxygen atoms in total. The van der Waals surface area contributed by atoms with Gasteiger partial charge in [-0.1, -0.05) is 25.1 Å². The van der Waals surface area contributed by atoms with Crippen molar-refractivity contribution < 1.29 is 0 Å². The van der Waals surface area contributed by atoms with E-state index < -0.39 is 0 Å². The quantitative estimate of drug-likeness (QED) is 0.778. The van der Waals surface area contributed by atoms with Gasteiger partial charge in [0.15, 0.2) is 0 Å². The lowest BCUT2D eigenvalue weighted by atomic mass is 9.97. The molecular weight excluding hydrogens is 182 g/mol. The summed E-state index contributed by atoms with van der Waals surface area (Å²) in [6.45, 7) is 6.38. The van der Waals surface area contributed by atoms with Crippen molar-refractivity contribution in [3.8, 4) is 0 Å². The second kappa shape index (κ2) is 5.25. The molecule has 1 unspecified atom stereocenters. The van der Waals surface area contributed by atoms with Gasteiger partial charge in [-0.3, -0.25) is 0 Å². The lowest BCUT2D eigenvalue weighted by Crippen LogP contribution is -2.10. The van der Waals surface area contributed by atoms with Crippen molar-refractivity contribution in [2.45, 2.75) is 33.2 Å². The zero-order valence-corrected chi connectivity index (χ0v) is 9.32. The maximum absolute atomic E-state index is 5.96. The van der Waals surface area contributed by atoms with Crippen molar-refractivity contribution >= 4 is 12.4 Å². The molecule has 13 heavy (non-hydrogen) atoms. The summed E-state index contributed by atoms with van der Waals surface area (Å²) in [6, 6.07) is 6.52. The molecule has 74 valence electrons. The monoisotopic (exact) mass is 199 g/mol. The van der Waals surface area contributed by atoms with Gasteiger partial charge in [0.2, 0.25) is 0 Å². The maximum atomic E-state index is 5.96. The third kappa shape index (κ3) is 2.71. The van der Waals surface area contributed by atoms with Crippen LogP contribution in [0.25, 0.3) is 0 Å². The van der Waals surface area contributed by atoms with Crippen molar-refractivity contribution in [1.82, 2.24) is 0 Å². The van der Waals surface area contributed by atoms with E-state index in [0.717, 1.165) is 6.42 Å². The number of hydrogen-bond acceptors (Lipinski definition) is 1. The number of nitrogens with two attached hydrogens (primary N) is 1. The van der Waals surface area contributed by atoms with Gasteiger partial charge in [-0.25, -0.2) is 0 Å². The largest absolute Gasteiger partial charge is 0.324 e. The predicted octanol–water partition coefficient (Wildman–Crippen LogP) is 3.14. The molecule has 0 saturated carbocycles. The summed E-state index contributed by atoms with van der Waals surface area (Å²) < 4.78 is 0. The Morgan fingerprint density at radius 3 is 2.46 bits per heavy atom. The van der Waals surface area contributed by atoms with Gasteiger partial charge in [0.05, 0.1) is 0 Å². The first-order valence-corrected chi connectivity index (χ1v) is 4.48. The Morgan fingerprint density at radius 2 is 1.92 bits per heavy atom. The Hall–Kier alpha value is -0.530. The van der Waals surface area contributed by atoms with Crippen LogP contribution in [0.1, 0.15) is 36.1 Å². The molecule has 0 aliphatic heterocycles. The number of halogens is 1. The smallest absolute Gasteiger partial charge is 0.0294 e. The van der Waals surface area contributed by atoms with Crippen LogP contribution in [-0.2, 0) is 0 Å². The van der Waals surface area contributed by atoms with Crippen LogP contribution < -0.4 is 5.73 Å². The van der Waals surface area contributed by atoms with Crippen LogP contribution in [0.3, 0.4) is 0 Å². The molecule has 2 heteroatoms. The lowest BCUT2D eigenvalue weighted by molar-refractivity contribution is 0.693. The van der Waals surface area contributed by atoms with E-state index in [2.05, 4.69) is 39.0 Å². The summed E-state index contributed by atoms with van der Waals surface area (Å²) in [6.07, 6.45) is 1.00. The zero-order chi connectivity index (χ0) is 9.14. The lowest BCUT2D eigenvalue weighted by Gasteiger charge is -2.13. The highest BCUT2D eigenvalue weighted by Crippen LogP contribution is 2.20. The summed E-state index contributed by atoms with van der Waals surface area (Å²) in [5.74, 6) is 0. The first-order chi connectivity index (χ1) is 5.66. The molecule has 0 aliphatic rings. The molecule has 0 fully saturated rings. The van der Waals surface area contributed by atoms with Crippen LogP contribution in [0, 0.1) is 13.8 Å². The molecule has 1 rings (SSSR count). The number of aryl methyl sites for hydroxylation is 1. The van der Waals surface area contributed by atoms with Crippen LogP contribution >= 0.6 is 12.4 Å². The van der Waals surface area contributed by atoms with E-state index in [1.165, 1.54) is 16.7 Å². The highest BCUT2D eigenvalue weighted by atomic mass is 35.5. The topological polar surface area (TPSA) is 26.0 Å². The molecule has 0 spiro atoms. The standard InChI is InChI=1S/C11H17N.ClH/c1-4-11(12)10-7-5-6-8(2)9(10)3;/h5-7,11H,4,12H2,1-3H3;1H. The molecule has 0 amide bonds. The zero-order valence-electron chi connectivity index (χ0n) is 8.50. The minimum Gasteiger partial charge on any atom is -0.324 e. The third-order valence-electron chi connectivity index (χ3n) is 2.49. The van der Waals surface area contributed by atoms with Crippen molar-refractivity contribution in [1.29, 1.82) is 0 Å². The number of benzene rings is 1. The van der Waals surface area contributed by atoms with E-state index in [1.807, 2.05) is 0 Å². The fourth-order valence-corrected chi connectivity index (χ4v) is 1.40. The highest BCUT2D eigenvalue weighted by molar-refractivity contribution is 5.85. The van der Waals surface area contributed by atoms with Gasteiger partial charge >= 0.3 is 0 Å². The fourth-order valence-electron chi connectivity index (χ4n) is 1.40. The predicted molar refractivity (Wildman–Crippen MR) is 60.4 cm³/mol. The SMILES string of the molecule is CCC(N)c1cccc(C)c1C.Cl. The highest BCUT2D eigenvalue weighted by Gasteiger charge is 2.06. The molecule has 2 N–H and O–H groups in total. The van der Waals surface area contributed by atoms with Gasteiger partial charge in [0, 0.05) is 6.04 Å². The summed E-state index contributed by atoms with van der Waals surface area (Å²) in [5, 5.41) is 0. The van der Waals surface area contributed by atoms with Crippen LogP contribution in [0.4, 0.5) is 0 Å². The summed E-state index contributed by atoms with van der Waals surface area (Å²) in [5.41, 5.74) is 9.92. The molecule has 0 heterocycles. The second-order valence-electron chi connectivity index (χ2n) is 3.30. The molecular formula is C11H18ClN. The van der Waals surface area contributed by atoms with Gasteiger partial charge in [-0.05, 0) is 37.0 Å². The minimum atomic E-state index is 0. The van der Waals surface area contributed by atoms with Gasteiger partial charge in [-0.2, -0.15) is 0 Å². The van der Waals surface area contributed by atoms with Crippen LogP contribution in [-0.4, -0.2) is 0 Å². The molecule has 0 aromatic heterocycles. The Labute approximate surface area is 86.7 Å². The molecule has 0 bridgehead atoms. The van der Waals surface area contributed by atoms with Crippen LogP contribution in [0.15, 0.2) is 18.2 Å². The van der Waals surface area contributed by atoms with Crippen molar-refractivity contribution in [2.75, 3.05) is 0 Å². The first-order valence-electron chi connectivity index (χ1n) is 4.48. The van der Waals surface area contributed by atoms with Gasteiger partial charge in [-0.15, -0.1) is 12.4 Å². The Balaban J connectivity index is 0.00000144. The molecule has 0 aliphatic carbocycles. The maximum Gasteiger partial charge on any atom is 0.0294 e. The Morgan fingerprint density at radius 1 is 1.31 bits per heavy atom. The summed E-state index contributed by atoms with van der Waals surface area (Å²) in [7, 11) is 0. The number of rotatable bonds is 2.